The minimum atomic E-state index is 0.466. The Hall–Kier alpha value is -1.97. The minimum absolute atomic E-state index is 0.466. The van der Waals surface area contributed by atoms with Gasteiger partial charge in [-0.3, -0.25) is 4.99 Å². The summed E-state index contributed by atoms with van der Waals surface area (Å²) in [5.74, 6) is 1.74. The molecule has 0 fully saturated rings. The van der Waals surface area contributed by atoms with Gasteiger partial charge in [0.25, 0.3) is 0 Å². The fraction of sp³-hybridized carbons (Fsp3) is 0.438. The molecule has 1 aromatic carbocycles. The van der Waals surface area contributed by atoms with Crippen molar-refractivity contribution in [3.05, 3.63) is 41.5 Å². The summed E-state index contributed by atoms with van der Waals surface area (Å²) in [5.41, 5.74) is 2.39. The Morgan fingerprint density at radius 2 is 2.05 bits per heavy atom. The zero-order valence-electron chi connectivity index (χ0n) is 12.4. The molecule has 0 aromatic heterocycles. The predicted molar refractivity (Wildman–Crippen MR) is 83.2 cm³/mol. The van der Waals surface area contributed by atoms with Gasteiger partial charge in [0, 0.05) is 19.6 Å². The first-order valence-electron chi connectivity index (χ1n) is 6.98. The number of rotatable bonds is 4. The lowest BCUT2D eigenvalue weighted by Crippen LogP contribution is -2.42. The Bertz CT molecular complexity index is 500. The van der Waals surface area contributed by atoms with Crippen LogP contribution in [0.4, 0.5) is 0 Å². The second-order valence-corrected chi connectivity index (χ2v) is 5.07. The number of benzene rings is 1. The van der Waals surface area contributed by atoms with Crippen molar-refractivity contribution in [1.29, 1.82) is 0 Å². The van der Waals surface area contributed by atoms with E-state index in [9.17, 15) is 0 Å². The lowest BCUT2D eigenvalue weighted by Gasteiger charge is -2.17. The quantitative estimate of drug-likeness (QED) is 0.503. The van der Waals surface area contributed by atoms with Crippen molar-refractivity contribution >= 4 is 5.96 Å². The number of methoxy groups -OCH3 is 1. The standard InChI is InChI=1S/C16H23N3O/c1-12-8-13(10-15(9-12)20-3)11-18-16(17-2)19-14-6-4-5-7-14/h4-5,8-10,14H,6-7,11H2,1-3H3,(H2,17,18,19). The monoisotopic (exact) mass is 273 g/mol. The zero-order chi connectivity index (χ0) is 14.4. The van der Waals surface area contributed by atoms with Gasteiger partial charge in [-0.25, -0.2) is 0 Å². The highest BCUT2D eigenvalue weighted by Crippen LogP contribution is 2.16. The van der Waals surface area contributed by atoms with Gasteiger partial charge in [0.2, 0.25) is 0 Å². The molecule has 0 unspecified atom stereocenters. The van der Waals surface area contributed by atoms with Crippen molar-refractivity contribution in [2.75, 3.05) is 14.2 Å². The van der Waals surface area contributed by atoms with Crippen molar-refractivity contribution in [2.24, 2.45) is 4.99 Å². The third kappa shape index (κ3) is 4.02. The molecule has 4 heteroatoms. The van der Waals surface area contributed by atoms with Crippen molar-refractivity contribution < 1.29 is 4.74 Å². The van der Waals surface area contributed by atoms with E-state index in [1.165, 1.54) is 11.1 Å². The number of aliphatic imine (C=N–C) groups is 1. The van der Waals surface area contributed by atoms with Crippen LogP contribution in [0.2, 0.25) is 0 Å². The molecule has 108 valence electrons. The molecule has 0 aliphatic heterocycles. The Balaban J connectivity index is 1.91. The molecule has 2 rings (SSSR count). The highest BCUT2D eigenvalue weighted by molar-refractivity contribution is 5.80. The average molecular weight is 273 g/mol. The van der Waals surface area contributed by atoms with E-state index in [-0.39, 0.29) is 0 Å². The van der Waals surface area contributed by atoms with Crippen LogP contribution in [-0.2, 0) is 6.54 Å². The molecule has 1 aliphatic rings. The van der Waals surface area contributed by atoms with E-state index in [1.54, 1.807) is 14.2 Å². The molecule has 0 atom stereocenters. The number of nitrogens with zero attached hydrogens (tertiary/aromatic N) is 1. The van der Waals surface area contributed by atoms with E-state index in [2.05, 4.69) is 40.8 Å². The maximum Gasteiger partial charge on any atom is 0.191 e. The van der Waals surface area contributed by atoms with Crippen LogP contribution in [0.5, 0.6) is 5.75 Å². The number of hydrogen-bond donors (Lipinski definition) is 2. The van der Waals surface area contributed by atoms with Crippen LogP contribution >= 0.6 is 0 Å². The van der Waals surface area contributed by atoms with Crippen molar-refractivity contribution in [3.63, 3.8) is 0 Å². The lowest BCUT2D eigenvalue weighted by molar-refractivity contribution is 0.414. The van der Waals surface area contributed by atoms with Gasteiger partial charge in [0.15, 0.2) is 5.96 Å². The van der Waals surface area contributed by atoms with Gasteiger partial charge >= 0.3 is 0 Å². The second kappa shape index (κ2) is 6.98. The highest BCUT2D eigenvalue weighted by Gasteiger charge is 2.11. The third-order valence-corrected chi connectivity index (χ3v) is 3.38. The largest absolute Gasteiger partial charge is 0.497 e. The molecule has 0 heterocycles. The number of hydrogen-bond acceptors (Lipinski definition) is 2. The van der Waals surface area contributed by atoms with Gasteiger partial charge in [0.05, 0.1) is 7.11 Å². The van der Waals surface area contributed by atoms with Gasteiger partial charge < -0.3 is 15.4 Å². The number of ether oxygens (including phenoxy) is 1. The molecular formula is C16H23N3O. The highest BCUT2D eigenvalue weighted by atomic mass is 16.5. The normalized spacial score (nSPS) is 15.4. The molecule has 0 spiro atoms. The Morgan fingerprint density at radius 3 is 2.70 bits per heavy atom. The maximum absolute atomic E-state index is 5.29. The zero-order valence-corrected chi connectivity index (χ0v) is 12.4. The smallest absolute Gasteiger partial charge is 0.191 e. The maximum atomic E-state index is 5.29. The second-order valence-electron chi connectivity index (χ2n) is 5.07. The van der Waals surface area contributed by atoms with Crippen molar-refractivity contribution in [3.8, 4) is 5.75 Å². The molecule has 4 nitrogen and oxygen atoms in total. The number of aryl methyl sites for hydroxylation is 1. The van der Waals surface area contributed by atoms with E-state index >= 15 is 0 Å². The van der Waals surface area contributed by atoms with Crippen LogP contribution in [0.1, 0.15) is 24.0 Å². The first-order chi connectivity index (χ1) is 9.71. The van der Waals surface area contributed by atoms with Gasteiger partial charge in [-0.15, -0.1) is 0 Å². The summed E-state index contributed by atoms with van der Waals surface area (Å²) in [6, 6.07) is 6.69. The molecule has 20 heavy (non-hydrogen) atoms. The predicted octanol–water partition coefficient (Wildman–Crippen LogP) is 2.39. The summed E-state index contributed by atoms with van der Waals surface area (Å²) in [7, 11) is 3.49. The molecule has 0 bridgehead atoms. The van der Waals surface area contributed by atoms with E-state index in [1.807, 2.05) is 12.1 Å². The molecule has 0 saturated carbocycles. The summed E-state index contributed by atoms with van der Waals surface area (Å²) in [6.07, 6.45) is 6.55. The van der Waals surface area contributed by atoms with E-state index < -0.39 is 0 Å². The summed E-state index contributed by atoms with van der Waals surface area (Å²) < 4.78 is 5.29. The Morgan fingerprint density at radius 1 is 1.30 bits per heavy atom. The van der Waals surface area contributed by atoms with Crippen LogP contribution < -0.4 is 15.4 Å². The van der Waals surface area contributed by atoms with Crippen LogP contribution in [0.3, 0.4) is 0 Å². The number of nitrogens with one attached hydrogen (secondary N) is 2. The molecule has 1 aliphatic carbocycles. The first kappa shape index (κ1) is 14.4. The van der Waals surface area contributed by atoms with Gasteiger partial charge in [-0.2, -0.15) is 0 Å². The molecule has 0 radical (unpaired) electrons. The molecule has 1 aromatic rings. The van der Waals surface area contributed by atoms with E-state index in [4.69, 9.17) is 4.74 Å². The fourth-order valence-electron chi connectivity index (χ4n) is 2.35. The molecule has 2 N–H and O–H groups in total. The lowest BCUT2D eigenvalue weighted by atomic mass is 10.1. The van der Waals surface area contributed by atoms with Crippen LogP contribution in [0.15, 0.2) is 35.3 Å². The summed E-state index contributed by atoms with van der Waals surface area (Å²) in [5, 5.41) is 6.77. The Kier molecular flexibility index (Phi) is 5.04. The topological polar surface area (TPSA) is 45.7 Å². The average Bonchev–Trinajstić information content (AvgIpc) is 2.95. The van der Waals surface area contributed by atoms with E-state index in [0.29, 0.717) is 6.04 Å². The summed E-state index contributed by atoms with van der Waals surface area (Å²) >= 11 is 0. The third-order valence-electron chi connectivity index (χ3n) is 3.38. The fourth-order valence-corrected chi connectivity index (χ4v) is 2.35. The van der Waals surface area contributed by atoms with Gasteiger partial charge in [0.1, 0.15) is 5.75 Å². The summed E-state index contributed by atoms with van der Waals surface area (Å²) in [6.45, 7) is 2.81. The van der Waals surface area contributed by atoms with E-state index in [0.717, 1.165) is 31.1 Å². The minimum Gasteiger partial charge on any atom is -0.497 e. The first-order valence-corrected chi connectivity index (χ1v) is 6.98. The molecule has 0 saturated heterocycles. The van der Waals surface area contributed by atoms with Crippen molar-refractivity contribution in [1.82, 2.24) is 10.6 Å². The molecular weight excluding hydrogens is 250 g/mol. The van der Waals surface area contributed by atoms with Gasteiger partial charge in [-0.1, -0.05) is 18.2 Å². The molecule has 0 amide bonds. The van der Waals surface area contributed by atoms with Crippen LogP contribution in [0.25, 0.3) is 0 Å². The van der Waals surface area contributed by atoms with Crippen LogP contribution in [-0.4, -0.2) is 26.2 Å². The van der Waals surface area contributed by atoms with Crippen LogP contribution in [0, 0.1) is 6.92 Å². The SMILES string of the molecule is CN=C(NCc1cc(C)cc(OC)c1)NC1CC=CC1. The van der Waals surface area contributed by atoms with Crippen molar-refractivity contribution in [2.45, 2.75) is 32.4 Å². The number of guanidine groups is 1. The summed E-state index contributed by atoms with van der Waals surface area (Å²) in [4.78, 5) is 4.27. The van der Waals surface area contributed by atoms with Gasteiger partial charge in [-0.05, 0) is 43.0 Å². The Labute approximate surface area is 120 Å².